The molecule has 1 fully saturated rings. The van der Waals surface area contributed by atoms with Gasteiger partial charge >= 0.3 is 0 Å². The van der Waals surface area contributed by atoms with E-state index in [4.69, 9.17) is 4.74 Å². The lowest BCUT2D eigenvalue weighted by atomic mass is 9.87. The minimum atomic E-state index is -0.347. The second-order valence-electron chi connectivity index (χ2n) is 7.37. The summed E-state index contributed by atoms with van der Waals surface area (Å²) in [5.41, 5.74) is 4.01. The molecule has 5 rings (SSSR count). The van der Waals surface area contributed by atoms with Crippen molar-refractivity contribution in [3.8, 4) is 5.75 Å². The normalized spacial score (nSPS) is 21.4. The number of hydrogen-bond acceptors (Lipinski definition) is 7. The molecule has 0 radical (unpaired) electrons. The first-order valence-corrected chi connectivity index (χ1v) is 9.80. The van der Waals surface area contributed by atoms with Gasteiger partial charge in [-0.25, -0.2) is 15.0 Å². The molecule has 1 aliphatic heterocycles. The van der Waals surface area contributed by atoms with Gasteiger partial charge in [-0.2, -0.15) is 0 Å². The second kappa shape index (κ2) is 7.29. The fraction of sp³-hybridized carbons (Fsp3) is 0.333. The maximum atomic E-state index is 12.6. The van der Waals surface area contributed by atoms with Crippen molar-refractivity contribution in [1.82, 2.24) is 25.3 Å². The summed E-state index contributed by atoms with van der Waals surface area (Å²) in [6.45, 7) is 0.928. The largest absolute Gasteiger partial charge is 0.515 e. The van der Waals surface area contributed by atoms with Gasteiger partial charge in [0, 0.05) is 16.7 Å². The highest BCUT2D eigenvalue weighted by molar-refractivity contribution is 6.10. The summed E-state index contributed by atoms with van der Waals surface area (Å²) >= 11 is 0. The van der Waals surface area contributed by atoms with Crippen LogP contribution in [0.2, 0.25) is 0 Å². The lowest BCUT2D eigenvalue weighted by Crippen LogP contribution is -2.33. The summed E-state index contributed by atoms with van der Waals surface area (Å²) in [4.78, 5) is 28.7. The summed E-state index contributed by atoms with van der Waals surface area (Å²) in [5, 5.41) is 12.8. The van der Waals surface area contributed by atoms with Crippen molar-refractivity contribution in [3.05, 3.63) is 59.5 Å². The number of carbonyl (C=O) groups is 1. The van der Waals surface area contributed by atoms with Crippen molar-refractivity contribution >= 4 is 16.9 Å². The molecule has 2 aromatic heterocycles. The number of aromatic nitrogens is 4. The number of fused-ring (bicyclic) bond motifs is 2. The SMILES string of the molecule is O=C1C(=CO)CCc2c(O[C@@H](c3ncnc4nc[nH]c34)C3CCCN3)cccc21. The zero-order valence-electron chi connectivity index (χ0n) is 15.8. The Labute approximate surface area is 167 Å². The van der Waals surface area contributed by atoms with Crippen molar-refractivity contribution in [2.75, 3.05) is 6.54 Å². The molecule has 148 valence electrons. The summed E-state index contributed by atoms with van der Waals surface area (Å²) in [6.07, 6.45) is 6.85. The van der Waals surface area contributed by atoms with E-state index in [-0.39, 0.29) is 17.9 Å². The van der Waals surface area contributed by atoms with E-state index in [2.05, 4.69) is 25.3 Å². The van der Waals surface area contributed by atoms with Crippen molar-refractivity contribution in [1.29, 1.82) is 0 Å². The lowest BCUT2D eigenvalue weighted by Gasteiger charge is -2.27. The van der Waals surface area contributed by atoms with Gasteiger partial charge in [0.25, 0.3) is 0 Å². The Bertz CT molecular complexity index is 1100. The first-order chi connectivity index (χ1) is 14.3. The van der Waals surface area contributed by atoms with Crippen LogP contribution in [-0.2, 0) is 6.42 Å². The maximum Gasteiger partial charge on any atom is 0.192 e. The van der Waals surface area contributed by atoms with E-state index in [1.807, 2.05) is 12.1 Å². The average molecular weight is 391 g/mol. The molecule has 8 heteroatoms. The van der Waals surface area contributed by atoms with Gasteiger partial charge in [0.05, 0.1) is 18.6 Å². The standard InChI is InChI=1S/C21H21N5O3/c27-9-12-6-7-13-14(19(12)28)3-1-5-16(13)29-20(15-4-2-8-22-15)17-18-21(25-10-23-17)26-11-24-18/h1,3,5,9-11,15,20,22,27H,2,4,6-8H2,(H,23,24,25,26)/t15?,20-/m1/s1. The third-order valence-corrected chi connectivity index (χ3v) is 5.71. The number of Topliss-reactive ketones (excluding diaryl/α,β-unsaturated/α-hetero) is 1. The number of aliphatic hydroxyl groups is 1. The maximum absolute atomic E-state index is 12.6. The van der Waals surface area contributed by atoms with Crippen LogP contribution < -0.4 is 10.1 Å². The third kappa shape index (κ3) is 3.05. The molecule has 0 spiro atoms. The molecule has 2 atom stereocenters. The summed E-state index contributed by atoms with van der Waals surface area (Å²) in [7, 11) is 0. The molecule has 2 aliphatic rings. The quantitative estimate of drug-likeness (QED) is 0.463. The molecule has 1 aromatic carbocycles. The number of nitrogens with zero attached hydrogens (tertiary/aromatic N) is 3. The van der Waals surface area contributed by atoms with Gasteiger partial charge in [0.15, 0.2) is 17.5 Å². The predicted molar refractivity (Wildman–Crippen MR) is 106 cm³/mol. The molecule has 1 saturated heterocycles. The highest BCUT2D eigenvalue weighted by Gasteiger charge is 2.33. The lowest BCUT2D eigenvalue weighted by molar-refractivity contribution is 0.101. The van der Waals surface area contributed by atoms with E-state index in [1.165, 1.54) is 6.33 Å². The van der Waals surface area contributed by atoms with Gasteiger partial charge in [0.2, 0.25) is 0 Å². The van der Waals surface area contributed by atoms with Crippen LogP contribution in [0.4, 0.5) is 0 Å². The van der Waals surface area contributed by atoms with Crippen LogP contribution in [0.1, 0.15) is 47.0 Å². The molecule has 29 heavy (non-hydrogen) atoms. The van der Waals surface area contributed by atoms with Crippen molar-refractivity contribution in [3.63, 3.8) is 0 Å². The molecule has 1 aliphatic carbocycles. The molecule has 8 nitrogen and oxygen atoms in total. The number of aromatic amines is 1. The first-order valence-electron chi connectivity index (χ1n) is 9.80. The molecule has 0 bridgehead atoms. The van der Waals surface area contributed by atoms with Crippen LogP contribution in [0.3, 0.4) is 0 Å². The zero-order chi connectivity index (χ0) is 19.8. The molecule has 3 heterocycles. The fourth-order valence-corrected chi connectivity index (χ4v) is 4.25. The number of H-pyrrole nitrogens is 1. The van der Waals surface area contributed by atoms with E-state index < -0.39 is 0 Å². The second-order valence-corrected chi connectivity index (χ2v) is 7.37. The molecule has 0 saturated carbocycles. The van der Waals surface area contributed by atoms with Gasteiger partial charge in [-0.15, -0.1) is 0 Å². The van der Waals surface area contributed by atoms with Crippen molar-refractivity contribution < 1.29 is 14.6 Å². The van der Waals surface area contributed by atoms with Gasteiger partial charge < -0.3 is 20.1 Å². The highest BCUT2D eigenvalue weighted by atomic mass is 16.5. The van der Waals surface area contributed by atoms with Crippen LogP contribution in [0, 0.1) is 0 Å². The third-order valence-electron chi connectivity index (χ3n) is 5.71. The van der Waals surface area contributed by atoms with Crippen LogP contribution >= 0.6 is 0 Å². The molecular formula is C21H21N5O3. The number of benzene rings is 1. The summed E-state index contributed by atoms with van der Waals surface area (Å²) in [6, 6.07) is 5.59. The molecule has 0 amide bonds. The molecule has 3 aromatic rings. The number of ether oxygens (including phenoxy) is 1. The van der Waals surface area contributed by atoms with E-state index in [1.54, 1.807) is 12.4 Å². The minimum Gasteiger partial charge on any atom is -0.515 e. The number of allylic oxidation sites excluding steroid dienone is 1. The number of ketones is 1. The molecule has 1 unspecified atom stereocenters. The van der Waals surface area contributed by atoms with Crippen LogP contribution in [-0.4, -0.2) is 43.4 Å². The Balaban J connectivity index is 1.57. The van der Waals surface area contributed by atoms with Crippen LogP contribution in [0.25, 0.3) is 11.2 Å². The van der Waals surface area contributed by atoms with Gasteiger partial charge in [0.1, 0.15) is 23.3 Å². The predicted octanol–water partition coefficient (Wildman–Crippen LogP) is 2.80. The Kier molecular flexibility index (Phi) is 4.48. The Hall–Kier alpha value is -3.26. The van der Waals surface area contributed by atoms with Crippen molar-refractivity contribution in [2.24, 2.45) is 0 Å². The van der Waals surface area contributed by atoms with E-state index in [0.717, 1.165) is 42.4 Å². The topological polar surface area (TPSA) is 113 Å². The van der Waals surface area contributed by atoms with E-state index >= 15 is 0 Å². The van der Waals surface area contributed by atoms with Crippen LogP contribution in [0.15, 0.2) is 42.7 Å². The minimum absolute atomic E-state index is 0.0967. The smallest absolute Gasteiger partial charge is 0.192 e. The van der Waals surface area contributed by atoms with E-state index in [9.17, 15) is 9.90 Å². The fourth-order valence-electron chi connectivity index (χ4n) is 4.25. The monoisotopic (exact) mass is 391 g/mol. The van der Waals surface area contributed by atoms with Crippen LogP contribution in [0.5, 0.6) is 5.75 Å². The average Bonchev–Trinajstić information content (AvgIpc) is 3.44. The first kappa shape index (κ1) is 17.8. The van der Waals surface area contributed by atoms with Gasteiger partial charge in [-0.3, -0.25) is 4.79 Å². The number of carbonyl (C=O) groups excluding carboxylic acids is 1. The number of hydrogen-bond donors (Lipinski definition) is 3. The Morgan fingerprint density at radius 3 is 3.00 bits per heavy atom. The Morgan fingerprint density at radius 1 is 1.24 bits per heavy atom. The van der Waals surface area contributed by atoms with Gasteiger partial charge in [-0.05, 0) is 38.3 Å². The number of imidazole rings is 1. The number of nitrogens with one attached hydrogen (secondary N) is 2. The number of rotatable bonds is 4. The summed E-state index contributed by atoms with van der Waals surface area (Å²) < 4.78 is 6.54. The Morgan fingerprint density at radius 2 is 2.17 bits per heavy atom. The van der Waals surface area contributed by atoms with Crippen molar-refractivity contribution in [2.45, 2.75) is 37.8 Å². The zero-order valence-corrected chi connectivity index (χ0v) is 15.8. The molecule has 3 N–H and O–H groups in total. The summed E-state index contributed by atoms with van der Waals surface area (Å²) in [5.74, 6) is 0.533. The van der Waals surface area contributed by atoms with E-state index in [0.29, 0.717) is 35.4 Å². The van der Waals surface area contributed by atoms with Gasteiger partial charge in [-0.1, -0.05) is 12.1 Å². The highest BCUT2D eigenvalue weighted by Crippen LogP contribution is 2.36. The number of aliphatic hydroxyl groups excluding tert-OH is 1. The molecular weight excluding hydrogens is 370 g/mol.